The Kier molecular flexibility index (Phi) is 12.8. The molecule has 0 saturated carbocycles. The van der Waals surface area contributed by atoms with Crippen LogP contribution in [0.2, 0.25) is 0 Å². The van der Waals surface area contributed by atoms with Crippen molar-refractivity contribution in [1.82, 2.24) is 15.5 Å². The summed E-state index contributed by atoms with van der Waals surface area (Å²) in [6.07, 6.45) is 5.64. The SMILES string of the molecule is CCNC(=NCc1ccc(C)cc1OCCCOC)NCC1(N2CCCC2)CCOCC1.I. The van der Waals surface area contributed by atoms with Gasteiger partial charge in [0.05, 0.1) is 13.2 Å². The van der Waals surface area contributed by atoms with Crippen LogP contribution in [-0.4, -0.2) is 76.1 Å². The number of aliphatic imine (C=N–C) groups is 1. The first kappa shape index (κ1) is 28.1. The zero-order valence-electron chi connectivity index (χ0n) is 20.7. The molecular weight excluding hydrogens is 531 g/mol. The van der Waals surface area contributed by atoms with Gasteiger partial charge >= 0.3 is 0 Å². The van der Waals surface area contributed by atoms with Gasteiger partial charge in [0.1, 0.15) is 5.75 Å². The lowest BCUT2D eigenvalue weighted by molar-refractivity contribution is -0.0164. The van der Waals surface area contributed by atoms with Crippen LogP contribution >= 0.6 is 24.0 Å². The predicted molar refractivity (Wildman–Crippen MR) is 145 cm³/mol. The summed E-state index contributed by atoms with van der Waals surface area (Å²) in [5.74, 6) is 1.78. The van der Waals surface area contributed by atoms with Crippen LogP contribution in [0, 0.1) is 6.92 Å². The molecule has 1 aromatic carbocycles. The summed E-state index contributed by atoms with van der Waals surface area (Å²) < 4.78 is 16.9. The number of halogens is 1. The minimum absolute atomic E-state index is 0. The third-order valence-corrected chi connectivity index (χ3v) is 6.51. The van der Waals surface area contributed by atoms with Gasteiger partial charge < -0.3 is 24.8 Å². The number of aryl methyl sites for hydroxylation is 1. The molecule has 2 saturated heterocycles. The number of nitrogens with one attached hydrogen (secondary N) is 2. The smallest absolute Gasteiger partial charge is 0.191 e. The third-order valence-electron chi connectivity index (χ3n) is 6.51. The fraction of sp³-hybridized carbons (Fsp3) is 0.720. The number of methoxy groups -OCH3 is 1. The summed E-state index contributed by atoms with van der Waals surface area (Å²) >= 11 is 0. The summed E-state index contributed by atoms with van der Waals surface area (Å²) in [5, 5.41) is 7.08. The largest absolute Gasteiger partial charge is 0.493 e. The first-order valence-electron chi connectivity index (χ1n) is 12.2. The average molecular weight is 575 g/mol. The second kappa shape index (κ2) is 15.0. The number of ether oxygens (including phenoxy) is 3. The number of guanidine groups is 1. The van der Waals surface area contributed by atoms with Crippen molar-refractivity contribution in [2.24, 2.45) is 4.99 Å². The molecule has 3 rings (SSSR count). The monoisotopic (exact) mass is 574 g/mol. The van der Waals surface area contributed by atoms with Crippen molar-refractivity contribution >= 4 is 29.9 Å². The number of benzene rings is 1. The molecule has 1 aromatic rings. The van der Waals surface area contributed by atoms with Gasteiger partial charge in [-0.1, -0.05) is 12.1 Å². The molecule has 8 heteroatoms. The Morgan fingerprint density at radius 1 is 1.15 bits per heavy atom. The third kappa shape index (κ3) is 8.56. The van der Waals surface area contributed by atoms with Crippen molar-refractivity contribution < 1.29 is 14.2 Å². The van der Waals surface area contributed by atoms with Crippen LogP contribution in [0.4, 0.5) is 0 Å². The summed E-state index contributed by atoms with van der Waals surface area (Å²) in [4.78, 5) is 7.58. The molecule has 0 aliphatic carbocycles. The lowest BCUT2D eigenvalue weighted by Gasteiger charge is -2.45. The Bertz CT molecular complexity index is 720. The summed E-state index contributed by atoms with van der Waals surface area (Å²) in [6, 6.07) is 6.35. The fourth-order valence-corrected chi connectivity index (χ4v) is 4.61. The summed E-state index contributed by atoms with van der Waals surface area (Å²) in [7, 11) is 1.72. The van der Waals surface area contributed by atoms with Gasteiger partial charge in [-0.25, -0.2) is 4.99 Å². The molecule has 2 aliphatic heterocycles. The molecule has 0 spiro atoms. The van der Waals surface area contributed by atoms with E-state index >= 15 is 0 Å². The van der Waals surface area contributed by atoms with Crippen molar-refractivity contribution in [3.8, 4) is 5.75 Å². The standard InChI is InChI=1S/C25H42N4O3.HI/c1-4-26-24(28-20-25(10-16-31-17-11-25)29-12-5-6-13-29)27-19-22-9-8-21(2)18-23(22)32-15-7-14-30-3;/h8-9,18H,4-7,10-17,19-20H2,1-3H3,(H2,26,27,28);1H. The van der Waals surface area contributed by atoms with Crippen LogP contribution in [0.5, 0.6) is 5.75 Å². The van der Waals surface area contributed by atoms with Gasteiger partial charge in [-0.15, -0.1) is 24.0 Å². The molecule has 0 aromatic heterocycles. The van der Waals surface area contributed by atoms with Gasteiger partial charge in [0.2, 0.25) is 0 Å². The average Bonchev–Trinajstić information content (AvgIpc) is 3.36. The van der Waals surface area contributed by atoms with Crippen LogP contribution in [-0.2, 0) is 16.0 Å². The molecule has 7 nitrogen and oxygen atoms in total. The van der Waals surface area contributed by atoms with E-state index in [-0.39, 0.29) is 29.5 Å². The quantitative estimate of drug-likeness (QED) is 0.182. The van der Waals surface area contributed by atoms with E-state index in [1.165, 1.54) is 31.5 Å². The van der Waals surface area contributed by atoms with E-state index in [0.29, 0.717) is 19.8 Å². The Hall–Kier alpha value is -1.10. The molecule has 0 bridgehead atoms. The van der Waals surface area contributed by atoms with Crippen LogP contribution in [0.25, 0.3) is 0 Å². The van der Waals surface area contributed by atoms with Gasteiger partial charge in [0.15, 0.2) is 5.96 Å². The summed E-state index contributed by atoms with van der Waals surface area (Å²) in [6.45, 7) is 11.9. The number of likely N-dealkylation sites (tertiary alicyclic amines) is 1. The van der Waals surface area contributed by atoms with Gasteiger partial charge in [0, 0.05) is 57.5 Å². The van der Waals surface area contributed by atoms with Crippen molar-refractivity contribution in [3.63, 3.8) is 0 Å². The van der Waals surface area contributed by atoms with Gasteiger partial charge in [-0.3, -0.25) is 4.90 Å². The molecule has 188 valence electrons. The molecular formula is C25H43IN4O3. The Balaban J connectivity index is 0.00000385. The molecule has 2 fully saturated rings. The highest BCUT2D eigenvalue weighted by Crippen LogP contribution is 2.30. The maximum absolute atomic E-state index is 6.04. The second-order valence-electron chi connectivity index (χ2n) is 8.89. The maximum Gasteiger partial charge on any atom is 0.191 e. The molecule has 2 aliphatic rings. The van der Waals surface area contributed by atoms with Crippen molar-refractivity contribution in [3.05, 3.63) is 29.3 Å². The molecule has 0 radical (unpaired) electrons. The lowest BCUT2D eigenvalue weighted by atomic mass is 9.88. The zero-order valence-corrected chi connectivity index (χ0v) is 23.0. The first-order chi connectivity index (χ1) is 15.7. The minimum Gasteiger partial charge on any atom is -0.493 e. The molecule has 2 heterocycles. The first-order valence-corrected chi connectivity index (χ1v) is 12.2. The highest BCUT2D eigenvalue weighted by Gasteiger charge is 2.39. The highest BCUT2D eigenvalue weighted by atomic mass is 127. The zero-order chi connectivity index (χ0) is 22.7. The molecule has 2 N–H and O–H groups in total. The van der Waals surface area contributed by atoms with Gasteiger partial charge in [-0.05, 0) is 64.3 Å². The molecule has 0 amide bonds. The van der Waals surface area contributed by atoms with Gasteiger partial charge in [0.25, 0.3) is 0 Å². The molecule has 0 unspecified atom stereocenters. The van der Waals surface area contributed by atoms with Crippen LogP contribution in [0.3, 0.4) is 0 Å². The predicted octanol–water partition coefficient (Wildman–Crippen LogP) is 3.73. The Morgan fingerprint density at radius 2 is 1.91 bits per heavy atom. The molecule has 0 atom stereocenters. The van der Waals surface area contributed by atoms with Crippen molar-refractivity contribution in [2.45, 2.75) is 58.0 Å². The van der Waals surface area contributed by atoms with E-state index in [9.17, 15) is 0 Å². The highest BCUT2D eigenvalue weighted by molar-refractivity contribution is 14.0. The number of hydrogen-bond acceptors (Lipinski definition) is 5. The van der Waals surface area contributed by atoms with E-state index in [0.717, 1.165) is 62.8 Å². The van der Waals surface area contributed by atoms with E-state index in [1.807, 2.05) is 0 Å². The van der Waals surface area contributed by atoms with Crippen LogP contribution < -0.4 is 15.4 Å². The maximum atomic E-state index is 6.04. The second-order valence-corrected chi connectivity index (χ2v) is 8.89. The van der Waals surface area contributed by atoms with Crippen molar-refractivity contribution in [2.75, 3.05) is 59.7 Å². The fourth-order valence-electron chi connectivity index (χ4n) is 4.61. The topological polar surface area (TPSA) is 67.4 Å². The van der Waals surface area contributed by atoms with Gasteiger partial charge in [-0.2, -0.15) is 0 Å². The number of hydrogen-bond donors (Lipinski definition) is 2. The Morgan fingerprint density at radius 3 is 2.61 bits per heavy atom. The van der Waals surface area contributed by atoms with Crippen molar-refractivity contribution in [1.29, 1.82) is 0 Å². The normalized spacial score (nSPS) is 18.6. The van der Waals surface area contributed by atoms with Crippen LogP contribution in [0.1, 0.15) is 50.2 Å². The van der Waals surface area contributed by atoms with E-state index in [1.54, 1.807) is 7.11 Å². The lowest BCUT2D eigenvalue weighted by Crippen LogP contribution is -2.58. The number of nitrogens with zero attached hydrogens (tertiary/aromatic N) is 2. The Labute approximate surface area is 217 Å². The molecule has 33 heavy (non-hydrogen) atoms. The minimum atomic E-state index is 0. The van der Waals surface area contributed by atoms with E-state index < -0.39 is 0 Å². The van der Waals surface area contributed by atoms with E-state index in [2.05, 4.69) is 47.6 Å². The number of rotatable bonds is 11. The summed E-state index contributed by atoms with van der Waals surface area (Å²) in [5.41, 5.74) is 2.46. The van der Waals surface area contributed by atoms with Crippen LogP contribution in [0.15, 0.2) is 23.2 Å². The van der Waals surface area contributed by atoms with E-state index in [4.69, 9.17) is 19.2 Å².